The maximum Gasteiger partial charge on any atom is 0.311 e. The number of carboxylic acid groups (broad SMARTS) is 1. The van der Waals surface area contributed by atoms with Crippen LogP contribution in [-0.4, -0.2) is 33.9 Å². The number of hydrogen-bond donors (Lipinski definition) is 2. The first-order valence-corrected chi connectivity index (χ1v) is 6.92. The predicted molar refractivity (Wildman–Crippen MR) is 74.9 cm³/mol. The topological polar surface area (TPSA) is 101 Å². The van der Waals surface area contributed by atoms with E-state index in [4.69, 9.17) is 4.74 Å². The minimum absolute atomic E-state index is 0.0816. The molecule has 0 saturated heterocycles. The lowest BCUT2D eigenvalue weighted by Crippen LogP contribution is -2.50. The lowest BCUT2D eigenvalue weighted by Gasteiger charge is -2.31. The Morgan fingerprint density at radius 2 is 2.18 bits per heavy atom. The molecule has 0 saturated carbocycles. The number of hydrogen-bond acceptors (Lipinski definition) is 5. The van der Waals surface area contributed by atoms with E-state index in [1.807, 2.05) is 0 Å². The Morgan fingerprint density at radius 3 is 2.86 bits per heavy atom. The van der Waals surface area contributed by atoms with Crippen molar-refractivity contribution in [3.05, 3.63) is 35.4 Å². The standard InChI is InChI=1S/C16H14O6/c17-8-9-2-1-3-12(15(20)21)16(7-9)14(19)11-6-10(18)4-5-13(11)22-16/h2,4-6,8,12,18H,1,3,7H2,(H,20,21)/t12-,16-/m0/s1. The second-order valence-corrected chi connectivity index (χ2v) is 5.54. The first-order chi connectivity index (χ1) is 10.5. The highest BCUT2D eigenvalue weighted by Gasteiger charge is 2.57. The van der Waals surface area contributed by atoms with Crippen molar-refractivity contribution in [3.63, 3.8) is 0 Å². The molecule has 0 unspecified atom stereocenters. The molecule has 0 aromatic heterocycles. The Labute approximate surface area is 126 Å². The zero-order valence-corrected chi connectivity index (χ0v) is 11.6. The van der Waals surface area contributed by atoms with Gasteiger partial charge in [-0.2, -0.15) is 0 Å². The molecule has 0 fully saturated rings. The third kappa shape index (κ3) is 1.99. The highest BCUT2D eigenvalue weighted by molar-refractivity contribution is 6.10. The molecule has 2 aliphatic rings. The third-order valence-corrected chi connectivity index (χ3v) is 4.23. The zero-order valence-electron chi connectivity index (χ0n) is 11.6. The van der Waals surface area contributed by atoms with Crippen LogP contribution < -0.4 is 4.74 Å². The van der Waals surface area contributed by atoms with Crippen LogP contribution in [0.25, 0.3) is 0 Å². The molecular formula is C16H14O6. The Balaban J connectivity index is 2.12. The van der Waals surface area contributed by atoms with E-state index < -0.39 is 23.3 Å². The number of phenols is 1. The van der Waals surface area contributed by atoms with E-state index in [-0.39, 0.29) is 29.9 Å². The molecule has 0 amide bonds. The van der Waals surface area contributed by atoms with Gasteiger partial charge in [0, 0.05) is 6.42 Å². The quantitative estimate of drug-likeness (QED) is 0.807. The molecule has 114 valence electrons. The summed E-state index contributed by atoms with van der Waals surface area (Å²) >= 11 is 0. The fourth-order valence-corrected chi connectivity index (χ4v) is 3.18. The van der Waals surface area contributed by atoms with E-state index in [0.717, 1.165) is 0 Å². The van der Waals surface area contributed by atoms with Crippen molar-refractivity contribution >= 4 is 18.0 Å². The number of carbonyl (C=O) groups excluding carboxylic acids is 2. The molecule has 0 bridgehead atoms. The van der Waals surface area contributed by atoms with Gasteiger partial charge in [-0.1, -0.05) is 6.08 Å². The molecule has 1 spiro atoms. The van der Waals surface area contributed by atoms with Gasteiger partial charge in [0.1, 0.15) is 23.7 Å². The van der Waals surface area contributed by atoms with Gasteiger partial charge in [0.2, 0.25) is 5.78 Å². The van der Waals surface area contributed by atoms with Crippen molar-refractivity contribution in [1.29, 1.82) is 0 Å². The van der Waals surface area contributed by atoms with Gasteiger partial charge in [0.15, 0.2) is 5.60 Å². The molecular weight excluding hydrogens is 288 g/mol. The summed E-state index contributed by atoms with van der Waals surface area (Å²) in [7, 11) is 0. The van der Waals surface area contributed by atoms with Crippen LogP contribution in [0.1, 0.15) is 29.6 Å². The minimum Gasteiger partial charge on any atom is -0.508 e. The highest BCUT2D eigenvalue weighted by atomic mass is 16.5. The second-order valence-electron chi connectivity index (χ2n) is 5.54. The van der Waals surface area contributed by atoms with Crippen LogP contribution >= 0.6 is 0 Å². The number of ether oxygens (including phenoxy) is 1. The number of carboxylic acids is 1. The van der Waals surface area contributed by atoms with Crippen LogP contribution in [0.5, 0.6) is 11.5 Å². The van der Waals surface area contributed by atoms with Crippen molar-refractivity contribution in [2.45, 2.75) is 24.9 Å². The first kappa shape index (κ1) is 14.3. The van der Waals surface area contributed by atoms with Gasteiger partial charge >= 0.3 is 5.97 Å². The molecule has 2 N–H and O–H groups in total. The van der Waals surface area contributed by atoms with Crippen LogP contribution in [0.3, 0.4) is 0 Å². The second kappa shape index (κ2) is 4.98. The van der Waals surface area contributed by atoms with Gasteiger partial charge in [-0.15, -0.1) is 0 Å². The number of phenolic OH excluding ortho intramolecular Hbond substituents is 1. The summed E-state index contributed by atoms with van der Waals surface area (Å²) in [6, 6.07) is 4.07. The van der Waals surface area contributed by atoms with Gasteiger partial charge in [-0.05, 0) is 36.6 Å². The minimum atomic E-state index is -1.62. The molecule has 3 rings (SSSR count). The molecule has 22 heavy (non-hydrogen) atoms. The van der Waals surface area contributed by atoms with Crippen molar-refractivity contribution < 1.29 is 29.3 Å². The van der Waals surface area contributed by atoms with E-state index in [9.17, 15) is 24.6 Å². The van der Waals surface area contributed by atoms with E-state index in [0.29, 0.717) is 18.3 Å². The van der Waals surface area contributed by atoms with Crippen LogP contribution in [-0.2, 0) is 9.59 Å². The summed E-state index contributed by atoms with van der Waals surface area (Å²) in [5.41, 5.74) is -1.11. The fraction of sp³-hybridized carbons (Fsp3) is 0.312. The van der Waals surface area contributed by atoms with E-state index in [1.54, 1.807) is 6.08 Å². The van der Waals surface area contributed by atoms with Crippen LogP contribution in [0.4, 0.5) is 0 Å². The molecule has 1 aromatic rings. The smallest absolute Gasteiger partial charge is 0.311 e. The molecule has 1 aliphatic carbocycles. The number of benzene rings is 1. The van der Waals surface area contributed by atoms with Crippen molar-refractivity contribution in [2.75, 3.05) is 0 Å². The van der Waals surface area contributed by atoms with E-state index in [2.05, 4.69) is 0 Å². The van der Waals surface area contributed by atoms with E-state index in [1.165, 1.54) is 18.2 Å². The van der Waals surface area contributed by atoms with Gasteiger partial charge < -0.3 is 14.9 Å². The van der Waals surface area contributed by atoms with Gasteiger partial charge in [0.05, 0.1) is 5.56 Å². The van der Waals surface area contributed by atoms with Gasteiger partial charge in [-0.3, -0.25) is 14.4 Å². The molecule has 1 aromatic carbocycles. The lowest BCUT2D eigenvalue weighted by atomic mass is 9.78. The largest absolute Gasteiger partial charge is 0.508 e. The maximum atomic E-state index is 12.8. The SMILES string of the molecule is O=CC1=CCC[C@@H](C(=O)O)[C@]2(C1)Oc1ccc(O)cc1C2=O. The Hall–Kier alpha value is -2.63. The number of carbonyl (C=O) groups is 3. The van der Waals surface area contributed by atoms with E-state index >= 15 is 0 Å². The number of aldehydes is 1. The summed E-state index contributed by atoms with van der Waals surface area (Å²) in [6.45, 7) is 0. The molecule has 6 nitrogen and oxygen atoms in total. The zero-order chi connectivity index (χ0) is 15.9. The van der Waals surface area contributed by atoms with Crippen LogP contribution in [0.2, 0.25) is 0 Å². The number of aromatic hydroxyl groups is 1. The Morgan fingerprint density at radius 1 is 1.41 bits per heavy atom. The average molecular weight is 302 g/mol. The molecule has 1 heterocycles. The van der Waals surface area contributed by atoms with Crippen molar-refractivity contribution in [1.82, 2.24) is 0 Å². The summed E-state index contributed by atoms with van der Waals surface area (Å²) < 4.78 is 5.75. The third-order valence-electron chi connectivity index (χ3n) is 4.23. The molecule has 2 atom stereocenters. The number of allylic oxidation sites excluding steroid dienone is 1. The van der Waals surface area contributed by atoms with Crippen LogP contribution in [0, 0.1) is 5.92 Å². The van der Waals surface area contributed by atoms with Gasteiger partial charge in [-0.25, -0.2) is 0 Å². The normalized spacial score (nSPS) is 26.8. The number of aliphatic carboxylic acids is 1. The number of fused-ring (bicyclic) bond motifs is 1. The highest BCUT2D eigenvalue weighted by Crippen LogP contribution is 2.46. The molecule has 0 radical (unpaired) electrons. The van der Waals surface area contributed by atoms with Crippen molar-refractivity contribution in [2.24, 2.45) is 5.92 Å². The lowest BCUT2D eigenvalue weighted by molar-refractivity contribution is -0.147. The van der Waals surface area contributed by atoms with Gasteiger partial charge in [0.25, 0.3) is 0 Å². The summed E-state index contributed by atoms with van der Waals surface area (Å²) in [6.07, 6.45) is 2.79. The summed E-state index contributed by atoms with van der Waals surface area (Å²) in [4.78, 5) is 35.6. The number of ketones is 1. The monoisotopic (exact) mass is 302 g/mol. The number of Topliss-reactive ketones (excluding diaryl/α,β-unsaturated/α-hetero) is 1. The summed E-state index contributed by atoms with van der Waals surface area (Å²) in [5, 5.41) is 19.0. The Bertz CT molecular complexity index is 705. The predicted octanol–water partition coefficient (Wildman–Crippen LogP) is 1.72. The fourth-order valence-electron chi connectivity index (χ4n) is 3.18. The number of rotatable bonds is 2. The van der Waals surface area contributed by atoms with Crippen molar-refractivity contribution in [3.8, 4) is 11.5 Å². The maximum absolute atomic E-state index is 12.8. The molecule has 6 heteroatoms. The summed E-state index contributed by atoms with van der Waals surface area (Å²) in [5.74, 6) is -2.55. The Kier molecular flexibility index (Phi) is 3.24. The van der Waals surface area contributed by atoms with Crippen LogP contribution in [0.15, 0.2) is 29.8 Å². The molecule has 1 aliphatic heterocycles. The first-order valence-electron chi connectivity index (χ1n) is 6.92. The average Bonchev–Trinajstić information content (AvgIpc) is 2.65.